The zero-order chi connectivity index (χ0) is 19.6. The summed E-state index contributed by atoms with van der Waals surface area (Å²) < 4.78 is 39.0. The van der Waals surface area contributed by atoms with Crippen molar-refractivity contribution in [2.75, 3.05) is 39.4 Å². The number of fused-ring (bicyclic) bond motifs is 1. The average molecular weight is 404 g/mol. The van der Waals surface area contributed by atoms with Crippen LogP contribution in [0.15, 0.2) is 47.4 Å². The maximum absolute atomic E-state index is 13.1. The average Bonchev–Trinajstić information content (AvgIpc) is 2.95. The zero-order valence-electron chi connectivity index (χ0n) is 16.2. The molecular formula is C21H27N2O4S+. The lowest BCUT2D eigenvalue weighted by molar-refractivity contribution is -0.917. The number of sulfonamides is 1. The van der Waals surface area contributed by atoms with Gasteiger partial charge in [0.05, 0.1) is 44.3 Å². The minimum Gasteiger partial charge on any atom is -0.490 e. The van der Waals surface area contributed by atoms with E-state index in [1.807, 2.05) is 6.07 Å². The Labute approximate surface area is 166 Å². The first-order chi connectivity index (χ1) is 13.5. The summed E-state index contributed by atoms with van der Waals surface area (Å²) >= 11 is 0. The Hall–Kier alpha value is -2.09. The summed E-state index contributed by atoms with van der Waals surface area (Å²) in [6.07, 6.45) is 0.794. The molecule has 2 aliphatic heterocycles. The zero-order valence-corrected chi connectivity index (χ0v) is 17.0. The number of nitrogens with one attached hydrogen (secondary N) is 1. The number of benzene rings is 2. The van der Waals surface area contributed by atoms with Crippen molar-refractivity contribution in [3.05, 3.63) is 53.6 Å². The number of quaternary nitrogens is 1. The molecule has 0 aliphatic carbocycles. The molecule has 150 valence electrons. The van der Waals surface area contributed by atoms with Gasteiger partial charge in [-0.1, -0.05) is 24.3 Å². The highest BCUT2D eigenvalue weighted by atomic mass is 32.2. The molecule has 2 aromatic rings. The Balaban J connectivity index is 1.44. The summed E-state index contributed by atoms with van der Waals surface area (Å²) in [4.78, 5) is 1.69. The van der Waals surface area contributed by atoms with Crippen molar-refractivity contribution in [3.63, 3.8) is 0 Å². The van der Waals surface area contributed by atoms with Crippen LogP contribution in [0.2, 0.25) is 0 Å². The molecule has 0 spiro atoms. The fourth-order valence-corrected chi connectivity index (χ4v) is 5.21. The van der Waals surface area contributed by atoms with Gasteiger partial charge in [-0.15, -0.1) is 0 Å². The Morgan fingerprint density at radius 2 is 1.71 bits per heavy atom. The van der Waals surface area contributed by atoms with Gasteiger partial charge in [-0.05, 0) is 24.6 Å². The van der Waals surface area contributed by atoms with Crippen LogP contribution in [-0.2, 0) is 16.6 Å². The van der Waals surface area contributed by atoms with Crippen molar-refractivity contribution < 1.29 is 22.8 Å². The SMILES string of the molecule is Cc1ccccc1C[NH+]1CCN(S(=O)(=O)c2ccc3c(c2)OCCCO3)CC1. The summed E-state index contributed by atoms with van der Waals surface area (Å²) in [5, 5.41) is 0. The summed E-state index contributed by atoms with van der Waals surface area (Å²) in [5.74, 6) is 1.13. The van der Waals surface area contributed by atoms with E-state index in [1.54, 1.807) is 22.5 Å². The summed E-state index contributed by atoms with van der Waals surface area (Å²) in [7, 11) is -3.53. The van der Waals surface area contributed by atoms with Gasteiger partial charge in [-0.3, -0.25) is 0 Å². The molecule has 0 aromatic heterocycles. The Bertz CT molecular complexity index is 937. The first-order valence-electron chi connectivity index (χ1n) is 9.82. The third-order valence-electron chi connectivity index (χ3n) is 5.49. The van der Waals surface area contributed by atoms with Crippen LogP contribution in [0.25, 0.3) is 0 Å². The number of nitrogens with zero attached hydrogens (tertiary/aromatic N) is 1. The Morgan fingerprint density at radius 3 is 2.46 bits per heavy atom. The molecule has 2 aromatic carbocycles. The van der Waals surface area contributed by atoms with Gasteiger partial charge in [0.1, 0.15) is 6.54 Å². The first kappa shape index (κ1) is 19.2. The second kappa shape index (κ2) is 8.11. The van der Waals surface area contributed by atoms with E-state index >= 15 is 0 Å². The van der Waals surface area contributed by atoms with Gasteiger partial charge in [0, 0.05) is 18.1 Å². The third-order valence-corrected chi connectivity index (χ3v) is 7.38. The lowest BCUT2D eigenvalue weighted by Gasteiger charge is -2.31. The van der Waals surface area contributed by atoms with Crippen LogP contribution >= 0.6 is 0 Å². The van der Waals surface area contributed by atoms with Gasteiger partial charge in [0.2, 0.25) is 10.0 Å². The predicted octanol–water partition coefficient (Wildman–Crippen LogP) is 1.25. The molecule has 0 atom stereocenters. The molecule has 2 aliphatic rings. The van der Waals surface area contributed by atoms with E-state index in [0.717, 1.165) is 26.1 Å². The number of ether oxygens (including phenoxy) is 2. The number of rotatable bonds is 4. The van der Waals surface area contributed by atoms with E-state index in [0.29, 0.717) is 37.8 Å². The van der Waals surface area contributed by atoms with Gasteiger partial charge in [0.15, 0.2) is 11.5 Å². The fourth-order valence-electron chi connectivity index (χ4n) is 3.75. The van der Waals surface area contributed by atoms with Crippen LogP contribution in [0.4, 0.5) is 0 Å². The molecule has 0 bridgehead atoms. The molecule has 0 radical (unpaired) electrons. The minimum atomic E-state index is -3.53. The molecule has 0 amide bonds. The minimum absolute atomic E-state index is 0.277. The second-order valence-corrected chi connectivity index (χ2v) is 9.35. The second-order valence-electron chi connectivity index (χ2n) is 7.42. The summed E-state index contributed by atoms with van der Waals surface area (Å²) in [5.41, 5.74) is 2.62. The Kier molecular flexibility index (Phi) is 5.57. The number of hydrogen-bond donors (Lipinski definition) is 1. The van der Waals surface area contributed by atoms with Gasteiger partial charge < -0.3 is 14.4 Å². The topological polar surface area (TPSA) is 60.3 Å². The van der Waals surface area contributed by atoms with Crippen LogP contribution in [0.1, 0.15) is 17.5 Å². The first-order valence-corrected chi connectivity index (χ1v) is 11.3. The van der Waals surface area contributed by atoms with Gasteiger partial charge in [0.25, 0.3) is 0 Å². The highest BCUT2D eigenvalue weighted by Crippen LogP contribution is 2.32. The van der Waals surface area contributed by atoms with Crippen LogP contribution in [0.3, 0.4) is 0 Å². The number of hydrogen-bond acceptors (Lipinski definition) is 4. The molecular weight excluding hydrogens is 376 g/mol. The van der Waals surface area contributed by atoms with E-state index in [1.165, 1.54) is 16.0 Å². The van der Waals surface area contributed by atoms with Crippen molar-refractivity contribution in [2.24, 2.45) is 0 Å². The van der Waals surface area contributed by atoms with E-state index < -0.39 is 10.0 Å². The molecule has 4 rings (SSSR count). The van der Waals surface area contributed by atoms with E-state index in [9.17, 15) is 8.42 Å². The largest absolute Gasteiger partial charge is 0.490 e. The molecule has 1 N–H and O–H groups in total. The van der Waals surface area contributed by atoms with Crippen molar-refractivity contribution in [1.29, 1.82) is 0 Å². The lowest BCUT2D eigenvalue weighted by Crippen LogP contribution is -3.13. The van der Waals surface area contributed by atoms with E-state index in [4.69, 9.17) is 9.47 Å². The molecule has 0 saturated carbocycles. The highest BCUT2D eigenvalue weighted by molar-refractivity contribution is 7.89. The molecule has 2 heterocycles. The third kappa shape index (κ3) is 4.01. The van der Waals surface area contributed by atoms with Gasteiger partial charge >= 0.3 is 0 Å². The van der Waals surface area contributed by atoms with Crippen molar-refractivity contribution in [3.8, 4) is 11.5 Å². The van der Waals surface area contributed by atoms with Crippen LogP contribution < -0.4 is 14.4 Å². The number of piperazine rings is 1. The predicted molar refractivity (Wildman–Crippen MR) is 106 cm³/mol. The fraction of sp³-hybridized carbons (Fsp3) is 0.429. The summed E-state index contributed by atoms with van der Waals surface area (Å²) in [6.45, 7) is 6.85. The standard InChI is InChI=1S/C21H26N2O4S/c1-17-5-2-3-6-18(17)16-22-9-11-23(12-10-22)28(24,25)19-7-8-20-21(15-19)27-14-4-13-26-20/h2-3,5-8,15H,4,9-14,16H2,1H3/p+1. The van der Waals surface area contributed by atoms with Gasteiger partial charge in [-0.25, -0.2) is 8.42 Å². The normalized spacial score (nSPS) is 18.6. The highest BCUT2D eigenvalue weighted by Gasteiger charge is 2.31. The van der Waals surface area contributed by atoms with Crippen molar-refractivity contribution in [2.45, 2.75) is 24.8 Å². The van der Waals surface area contributed by atoms with Crippen molar-refractivity contribution in [1.82, 2.24) is 4.31 Å². The lowest BCUT2D eigenvalue weighted by atomic mass is 10.1. The smallest absolute Gasteiger partial charge is 0.243 e. The van der Waals surface area contributed by atoms with Gasteiger partial charge in [-0.2, -0.15) is 4.31 Å². The summed E-state index contributed by atoms with van der Waals surface area (Å²) in [6, 6.07) is 13.3. The molecule has 1 saturated heterocycles. The Morgan fingerprint density at radius 1 is 1.00 bits per heavy atom. The van der Waals surface area contributed by atoms with Crippen LogP contribution in [0.5, 0.6) is 11.5 Å². The van der Waals surface area contributed by atoms with E-state index in [-0.39, 0.29) is 4.90 Å². The van der Waals surface area contributed by atoms with Crippen molar-refractivity contribution >= 4 is 10.0 Å². The van der Waals surface area contributed by atoms with E-state index in [2.05, 4.69) is 25.1 Å². The van der Waals surface area contributed by atoms with Crippen LogP contribution in [0, 0.1) is 6.92 Å². The van der Waals surface area contributed by atoms with Crippen LogP contribution in [-0.4, -0.2) is 52.1 Å². The number of aryl methyl sites for hydroxylation is 1. The maximum Gasteiger partial charge on any atom is 0.243 e. The maximum atomic E-state index is 13.1. The molecule has 6 nitrogen and oxygen atoms in total. The molecule has 0 unspecified atom stereocenters. The monoisotopic (exact) mass is 403 g/mol. The quantitative estimate of drug-likeness (QED) is 0.835. The molecule has 7 heteroatoms. The molecule has 1 fully saturated rings. The molecule has 28 heavy (non-hydrogen) atoms.